The topological polar surface area (TPSA) is 153 Å². The summed E-state index contributed by atoms with van der Waals surface area (Å²) in [6, 6.07) is 10.1. The molecule has 1 saturated heterocycles. The molecule has 32 heavy (non-hydrogen) atoms. The van der Waals surface area contributed by atoms with Gasteiger partial charge in [0.25, 0.3) is 12.9 Å². The zero-order chi connectivity index (χ0) is 23.8. The van der Waals surface area contributed by atoms with Crippen LogP contribution in [0.3, 0.4) is 0 Å². The molecule has 3 rings (SSSR count). The van der Waals surface area contributed by atoms with Gasteiger partial charge in [-0.05, 0) is 31.2 Å². The van der Waals surface area contributed by atoms with E-state index in [1.54, 1.807) is 12.5 Å². The molecule has 0 radical (unpaired) electrons. The van der Waals surface area contributed by atoms with E-state index in [-0.39, 0.29) is 12.9 Å². The van der Waals surface area contributed by atoms with E-state index in [0.29, 0.717) is 19.4 Å². The van der Waals surface area contributed by atoms with Crippen LogP contribution in [0.4, 0.5) is 0 Å². The maximum absolute atomic E-state index is 12.1. The Morgan fingerprint density at radius 3 is 2.38 bits per heavy atom. The molecule has 176 valence electrons. The number of aromatic nitrogens is 2. The van der Waals surface area contributed by atoms with E-state index in [1.165, 1.54) is 5.56 Å². The number of nitrogens with zero attached hydrogens (tertiary/aromatic N) is 3. The van der Waals surface area contributed by atoms with Crippen LogP contribution in [-0.4, -0.2) is 79.5 Å². The summed E-state index contributed by atoms with van der Waals surface area (Å²) in [4.78, 5) is 35.0. The maximum atomic E-state index is 12.1. The lowest BCUT2D eigenvalue weighted by Crippen LogP contribution is -2.56. The highest BCUT2D eigenvalue weighted by molar-refractivity contribution is 5.76. The molecule has 1 aromatic heterocycles. The highest BCUT2D eigenvalue weighted by atomic mass is 16.4. The Hall–Kier alpha value is -3.24. The zero-order valence-corrected chi connectivity index (χ0v) is 17.9. The van der Waals surface area contributed by atoms with Crippen molar-refractivity contribution >= 4 is 18.9 Å². The van der Waals surface area contributed by atoms with Crippen molar-refractivity contribution < 1.29 is 34.8 Å². The first-order valence-electron chi connectivity index (χ1n) is 10.2. The molecule has 1 aliphatic rings. The average molecular weight is 450 g/mol. The van der Waals surface area contributed by atoms with E-state index < -0.39 is 17.5 Å². The number of hydrogen-bond donors (Lipinski definition) is 4. The van der Waals surface area contributed by atoms with Crippen molar-refractivity contribution in [2.75, 3.05) is 19.6 Å². The van der Waals surface area contributed by atoms with Crippen LogP contribution in [0.1, 0.15) is 24.8 Å². The third kappa shape index (κ3) is 8.48. The third-order valence-corrected chi connectivity index (χ3v) is 5.45. The molecule has 4 N–H and O–H groups in total. The van der Waals surface area contributed by atoms with Crippen molar-refractivity contribution in [3.8, 4) is 0 Å². The van der Waals surface area contributed by atoms with E-state index in [1.807, 2.05) is 29.0 Å². The summed E-state index contributed by atoms with van der Waals surface area (Å²) < 4.78 is 1.99. The molecule has 2 atom stereocenters. The molecule has 0 saturated carbocycles. The number of aliphatic carboxylic acids is 1. The number of hydrogen-bond acceptors (Lipinski definition) is 6. The molecule has 0 bridgehead atoms. The highest BCUT2D eigenvalue weighted by Gasteiger charge is 2.48. The SMILES string of the molecule is O=C(O)[C@]1(CCCc2ccccc2)CN(CCn2ccnc2)CC[C@H]1O.O=CO.O=CO. The Morgan fingerprint density at radius 2 is 1.81 bits per heavy atom. The fourth-order valence-corrected chi connectivity index (χ4v) is 3.85. The summed E-state index contributed by atoms with van der Waals surface area (Å²) in [5, 5.41) is 34.2. The Balaban J connectivity index is 0.000000769. The molecular weight excluding hydrogens is 418 g/mol. The standard InChI is InChI=1S/C20H27N3O3.2CH2O2/c24-18-8-11-22(13-14-23-12-10-21-16-23)15-20(18,19(25)26)9-4-7-17-5-2-1-3-6-17;2*2-1-3/h1-3,5-6,10,12,16,18,24H,4,7-9,11,13-15H2,(H,25,26);2*1H,(H,2,3)/t18-,20-;;/m1../s1. The van der Waals surface area contributed by atoms with Crippen LogP contribution in [0, 0.1) is 5.41 Å². The molecule has 10 nitrogen and oxygen atoms in total. The second-order valence-corrected chi connectivity index (χ2v) is 7.39. The fourth-order valence-electron chi connectivity index (χ4n) is 3.85. The first kappa shape index (κ1) is 26.8. The molecule has 2 aromatic rings. The molecule has 2 heterocycles. The van der Waals surface area contributed by atoms with Crippen LogP contribution in [0.15, 0.2) is 49.1 Å². The van der Waals surface area contributed by atoms with Gasteiger partial charge in [-0.25, -0.2) is 4.98 Å². The summed E-state index contributed by atoms with van der Waals surface area (Å²) in [5.74, 6) is -0.884. The van der Waals surface area contributed by atoms with E-state index in [4.69, 9.17) is 19.8 Å². The van der Waals surface area contributed by atoms with E-state index in [0.717, 1.165) is 32.5 Å². The molecule has 0 spiro atoms. The lowest BCUT2D eigenvalue weighted by molar-refractivity contribution is -0.164. The van der Waals surface area contributed by atoms with Gasteiger partial charge in [-0.1, -0.05) is 30.3 Å². The Morgan fingerprint density at radius 1 is 1.16 bits per heavy atom. The number of benzene rings is 1. The lowest BCUT2D eigenvalue weighted by atomic mass is 9.73. The highest BCUT2D eigenvalue weighted by Crippen LogP contribution is 2.36. The third-order valence-electron chi connectivity index (χ3n) is 5.45. The number of aliphatic hydroxyl groups is 1. The van der Waals surface area contributed by atoms with E-state index in [9.17, 15) is 15.0 Å². The van der Waals surface area contributed by atoms with Gasteiger partial charge in [-0.15, -0.1) is 0 Å². The smallest absolute Gasteiger partial charge is 0.313 e. The van der Waals surface area contributed by atoms with Gasteiger partial charge < -0.3 is 29.9 Å². The van der Waals surface area contributed by atoms with Crippen LogP contribution in [0.25, 0.3) is 0 Å². The Bertz CT molecular complexity index is 780. The summed E-state index contributed by atoms with van der Waals surface area (Å²) in [6.45, 7) is 2.16. The quantitative estimate of drug-likeness (QED) is 0.438. The van der Waals surface area contributed by atoms with Crippen molar-refractivity contribution in [3.63, 3.8) is 0 Å². The largest absolute Gasteiger partial charge is 0.483 e. The van der Waals surface area contributed by atoms with Crippen LogP contribution < -0.4 is 0 Å². The Kier molecular flexibility index (Phi) is 12.3. The number of carbonyl (C=O) groups is 3. The summed E-state index contributed by atoms with van der Waals surface area (Å²) in [5.41, 5.74) is 0.123. The van der Waals surface area contributed by atoms with Gasteiger partial charge in [0.15, 0.2) is 0 Å². The van der Waals surface area contributed by atoms with Crippen molar-refractivity contribution in [3.05, 3.63) is 54.6 Å². The molecule has 0 amide bonds. The number of rotatable bonds is 8. The minimum absolute atomic E-state index is 0.250. The van der Waals surface area contributed by atoms with Gasteiger partial charge in [0.05, 0.1) is 12.4 Å². The second kappa shape index (κ2) is 14.7. The lowest BCUT2D eigenvalue weighted by Gasteiger charge is -2.43. The zero-order valence-electron chi connectivity index (χ0n) is 17.9. The first-order valence-corrected chi connectivity index (χ1v) is 10.2. The number of carboxylic acids is 1. The maximum Gasteiger partial charge on any atom is 0.313 e. The van der Waals surface area contributed by atoms with Crippen LogP contribution >= 0.6 is 0 Å². The van der Waals surface area contributed by atoms with Gasteiger partial charge >= 0.3 is 5.97 Å². The van der Waals surface area contributed by atoms with Gasteiger partial charge in [0.2, 0.25) is 0 Å². The number of aryl methyl sites for hydroxylation is 1. The van der Waals surface area contributed by atoms with E-state index in [2.05, 4.69) is 22.0 Å². The van der Waals surface area contributed by atoms with Gasteiger partial charge in [0.1, 0.15) is 5.41 Å². The van der Waals surface area contributed by atoms with Gasteiger partial charge in [0, 0.05) is 38.6 Å². The summed E-state index contributed by atoms with van der Waals surface area (Å²) in [7, 11) is 0. The molecule has 1 fully saturated rings. The van der Waals surface area contributed by atoms with Crippen molar-refractivity contribution in [2.24, 2.45) is 5.41 Å². The molecule has 1 aromatic carbocycles. The predicted octanol–water partition coefficient (Wildman–Crippen LogP) is 1.45. The molecule has 1 aliphatic heterocycles. The molecule has 0 unspecified atom stereocenters. The Labute approximate surface area is 186 Å². The minimum atomic E-state index is -1.08. The number of aliphatic hydroxyl groups excluding tert-OH is 1. The number of imidazole rings is 1. The van der Waals surface area contributed by atoms with E-state index >= 15 is 0 Å². The fraction of sp³-hybridized carbons (Fsp3) is 0.455. The molecular formula is C22H31N3O7. The molecule has 0 aliphatic carbocycles. The summed E-state index contributed by atoms with van der Waals surface area (Å²) >= 11 is 0. The number of piperidine rings is 1. The monoisotopic (exact) mass is 449 g/mol. The normalized spacial score (nSPS) is 20.1. The van der Waals surface area contributed by atoms with Crippen molar-refractivity contribution in [1.82, 2.24) is 14.5 Å². The average Bonchev–Trinajstić information content (AvgIpc) is 3.29. The number of likely N-dealkylation sites (tertiary alicyclic amines) is 1. The van der Waals surface area contributed by atoms with Crippen LogP contribution in [0.5, 0.6) is 0 Å². The van der Waals surface area contributed by atoms with Gasteiger partial charge in [-0.3, -0.25) is 14.4 Å². The molecule has 10 heteroatoms. The van der Waals surface area contributed by atoms with Crippen LogP contribution in [-0.2, 0) is 27.3 Å². The van der Waals surface area contributed by atoms with Crippen molar-refractivity contribution in [2.45, 2.75) is 38.3 Å². The second-order valence-electron chi connectivity index (χ2n) is 7.39. The van der Waals surface area contributed by atoms with Crippen molar-refractivity contribution in [1.29, 1.82) is 0 Å². The van der Waals surface area contributed by atoms with Gasteiger partial charge in [-0.2, -0.15) is 0 Å². The predicted molar refractivity (Wildman–Crippen MR) is 116 cm³/mol. The minimum Gasteiger partial charge on any atom is -0.483 e. The summed E-state index contributed by atoms with van der Waals surface area (Å²) in [6.07, 6.45) is 7.19. The van der Waals surface area contributed by atoms with Crippen LogP contribution in [0.2, 0.25) is 0 Å². The first-order chi connectivity index (χ1) is 15.4. The number of carboxylic acid groups (broad SMARTS) is 3.